The second-order valence-electron chi connectivity index (χ2n) is 7.34. The highest BCUT2D eigenvalue weighted by Crippen LogP contribution is 2.40. The zero-order chi connectivity index (χ0) is 20.2. The van der Waals surface area contributed by atoms with Crippen molar-refractivity contribution in [3.8, 4) is 0 Å². The molecule has 2 fully saturated rings. The lowest BCUT2D eigenvalue weighted by atomic mass is 9.89. The van der Waals surface area contributed by atoms with Gasteiger partial charge in [0.25, 0.3) is 5.91 Å². The molecule has 0 radical (unpaired) electrons. The molecule has 2 aromatic rings. The molecule has 6 nitrogen and oxygen atoms in total. The second kappa shape index (κ2) is 8.98. The number of benzene rings is 1. The molecular weight excluding hydrogens is 388 g/mol. The third-order valence-electron chi connectivity index (χ3n) is 5.56. The molecule has 2 aliphatic rings. The molecule has 0 aliphatic carbocycles. The minimum Gasteiger partial charge on any atom is -0.379 e. The van der Waals surface area contributed by atoms with E-state index < -0.39 is 23.7 Å². The van der Waals surface area contributed by atoms with Crippen molar-refractivity contribution in [3.63, 3.8) is 0 Å². The molecule has 1 amide bonds. The minimum atomic E-state index is -0.980. The molecule has 2 unspecified atom stereocenters. The molecular formula is C22H24N2O4S. The van der Waals surface area contributed by atoms with Gasteiger partial charge in [-0.25, -0.2) is 0 Å². The molecule has 2 atom stereocenters. The van der Waals surface area contributed by atoms with Gasteiger partial charge in [0.2, 0.25) is 5.78 Å². The Morgan fingerprint density at radius 1 is 1.03 bits per heavy atom. The Morgan fingerprint density at radius 2 is 1.79 bits per heavy atom. The summed E-state index contributed by atoms with van der Waals surface area (Å²) in [5, 5.41) is 1.92. The summed E-state index contributed by atoms with van der Waals surface area (Å²) >= 11 is 1.48. The van der Waals surface area contributed by atoms with Gasteiger partial charge < -0.3 is 9.64 Å². The smallest absolute Gasteiger partial charge is 0.291 e. The van der Waals surface area contributed by atoms with E-state index in [9.17, 15) is 14.4 Å². The molecule has 3 heterocycles. The maximum Gasteiger partial charge on any atom is 0.291 e. The highest BCUT2D eigenvalue weighted by molar-refractivity contribution is 7.10. The van der Waals surface area contributed by atoms with Crippen LogP contribution in [0.15, 0.2) is 47.8 Å². The van der Waals surface area contributed by atoms with Gasteiger partial charge in [0.1, 0.15) is 5.92 Å². The van der Waals surface area contributed by atoms with Crippen molar-refractivity contribution >= 4 is 28.8 Å². The number of hydrogen-bond donors (Lipinski definition) is 0. The number of ketones is 2. The van der Waals surface area contributed by atoms with Gasteiger partial charge >= 0.3 is 0 Å². The third-order valence-corrected chi connectivity index (χ3v) is 6.50. The Hall–Kier alpha value is -2.35. The average molecular weight is 413 g/mol. The van der Waals surface area contributed by atoms with E-state index in [-0.39, 0.29) is 5.78 Å². The van der Waals surface area contributed by atoms with Crippen molar-refractivity contribution in [2.24, 2.45) is 5.92 Å². The van der Waals surface area contributed by atoms with Crippen molar-refractivity contribution in [1.82, 2.24) is 9.80 Å². The Morgan fingerprint density at radius 3 is 2.48 bits per heavy atom. The molecule has 0 bridgehead atoms. The van der Waals surface area contributed by atoms with Crippen molar-refractivity contribution in [1.29, 1.82) is 0 Å². The zero-order valence-corrected chi connectivity index (χ0v) is 17.0. The predicted molar refractivity (Wildman–Crippen MR) is 110 cm³/mol. The van der Waals surface area contributed by atoms with Gasteiger partial charge in [-0.3, -0.25) is 19.3 Å². The van der Waals surface area contributed by atoms with Gasteiger partial charge in [-0.1, -0.05) is 36.4 Å². The predicted octanol–water partition coefficient (Wildman–Crippen LogP) is 2.42. The van der Waals surface area contributed by atoms with Crippen LogP contribution in [0.5, 0.6) is 0 Å². The van der Waals surface area contributed by atoms with E-state index in [0.717, 1.165) is 44.1 Å². The number of ether oxygens (including phenoxy) is 1. The second-order valence-corrected chi connectivity index (χ2v) is 8.32. The summed E-state index contributed by atoms with van der Waals surface area (Å²) in [5.74, 6) is -2.40. The highest BCUT2D eigenvalue weighted by atomic mass is 32.1. The van der Waals surface area contributed by atoms with Crippen molar-refractivity contribution in [3.05, 3.63) is 58.3 Å². The normalized spacial score (nSPS) is 23.0. The van der Waals surface area contributed by atoms with Crippen molar-refractivity contribution in [2.45, 2.75) is 12.5 Å². The number of morpholine rings is 1. The molecule has 2 saturated heterocycles. The zero-order valence-electron chi connectivity index (χ0n) is 16.2. The first-order valence-corrected chi connectivity index (χ1v) is 10.8. The van der Waals surface area contributed by atoms with Gasteiger partial charge in [-0.15, -0.1) is 11.3 Å². The van der Waals surface area contributed by atoms with Gasteiger partial charge in [-0.2, -0.15) is 0 Å². The first kappa shape index (κ1) is 19.9. The average Bonchev–Trinajstić information content (AvgIpc) is 3.37. The first-order chi connectivity index (χ1) is 14.2. The van der Waals surface area contributed by atoms with Gasteiger partial charge in [0, 0.05) is 36.6 Å². The van der Waals surface area contributed by atoms with Crippen LogP contribution in [0.4, 0.5) is 0 Å². The Kier molecular flexibility index (Phi) is 6.18. The van der Waals surface area contributed by atoms with E-state index in [4.69, 9.17) is 4.74 Å². The lowest BCUT2D eigenvalue weighted by molar-refractivity contribution is -0.140. The fourth-order valence-corrected chi connectivity index (χ4v) is 4.95. The minimum absolute atomic E-state index is 0.280. The maximum absolute atomic E-state index is 13.2. The summed E-state index contributed by atoms with van der Waals surface area (Å²) in [4.78, 5) is 43.7. The third kappa shape index (κ3) is 4.17. The van der Waals surface area contributed by atoms with Crippen LogP contribution in [0.3, 0.4) is 0 Å². The van der Waals surface area contributed by atoms with Crippen LogP contribution in [0.2, 0.25) is 0 Å². The quantitative estimate of drug-likeness (QED) is 0.397. The fourth-order valence-electron chi connectivity index (χ4n) is 4.08. The van der Waals surface area contributed by atoms with Crippen LogP contribution in [-0.4, -0.2) is 66.7 Å². The molecule has 0 N–H and O–H groups in total. The lowest BCUT2D eigenvalue weighted by Gasteiger charge is -2.29. The van der Waals surface area contributed by atoms with Crippen molar-refractivity contribution < 1.29 is 19.1 Å². The largest absolute Gasteiger partial charge is 0.379 e. The first-order valence-electron chi connectivity index (χ1n) is 9.94. The number of carbonyl (C=O) groups excluding carboxylic acids is 3. The maximum atomic E-state index is 13.2. The SMILES string of the molecule is O=C1C(=O)N(CCCN2CCOCC2)C(c2cccs2)C1C(=O)c1ccccc1. The monoisotopic (exact) mass is 412 g/mol. The lowest BCUT2D eigenvalue weighted by Crippen LogP contribution is -2.39. The highest BCUT2D eigenvalue weighted by Gasteiger charge is 2.51. The van der Waals surface area contributed by atoms with Gasteiger partial charge in [0.05, 0.1) is 19.3 Å². The Labute approximate surface area is 174 Å². The molecule has 1 aromatic heterocycles. The van der Waals surface area contributed by atoms with Crippen LogP contribution >= 0.6 is 11.3 Å². The van der Waals surface area contributed by atoms with E-state index in [2.05, 4.69) is 4.90 Å². The number of Topliss-reactive ketones (excluding diaryl/α,β-unsaturated/α-hetero) is 2. The van der Waals surface area contributed by atoms with Crippen LogP contribution in [0.1, 0.15) is 27.7 Å². The number of likely N-dealkylation sites (tertiary alicyclic amines) is 1. The number of rotatable bonds is 7. The standard InChI is InChI=1S/C22H24N2O4S/c25-20(16-6-2-1-3-7-16)18-19(17-8-4-15-29-17)24(22(27)21(18)26)10-5-9-23-11-13-28-14-12-23/h1-4,6-8,15,18-19H,5,9-14H2. The van der Waals surface area contributed by atoms with E-state index in [0.29, 0.717) is 12.1 Å². The summed E-state index contributed by atoms with van der Waals surface area (Å²) in [5.41, 5.74) is 0.468. The number of carbonyl (C=O) groups is 3. The Balaban J connectivity index is 1.54. The topological polar surface area (TPSA) is 66.9 Å². The molecule has 2 aliphatic heterocycles. The molecule has 1 aromatic carbocycles. The van der Waals surface area contributed by atoms with Crippen molar-refractivity contribution in [2.75, 3.05) is 39.4 Å². The summed E-state index contributed by atoms with van der Waals surface area (Å²) in [6.45, 7) is 4.53. The summed E-state index contributed by atoms with van der Waals surface area (Å²) in [7, 11) is 0. The van der Waals surface area contributed by atoms with Crippen LogP contribution in [-0.2, 0) is 14.3 Å². The molecule has 0 spiro atoms. The fraction of sp³-hybridized carbons (Fsp3) is 0.409. The molecule has 152 valence electrons. The summed E-state index contributed by atoms with van der Waals surface area (Å²) < 4.78 is 5.37. The van der Waals surface area contributed by atoms with E-state index in [1.54, 1.807) is 29.2 Å². The summed E-state index contributed by atoms with van der Waals surface area (Å²) in [6.07, 6.45) is 0.757. The molecule has 4 rings (SSSR count). The molecule has 0 saturated carbocycles. The van der Waals surface area contributed by atoms with Gasteiger partial charge in [0.15, 0.2) is 5.78 Å². The van der Waals surface area contributed by atoms with E-state index in [1.165, 1.54) is 11.3 Å². The number of amides is 1. The van der Waals surface area contributed by atoms with Crippen LogP contribution in [0.25, 0.3) is 0 Å². The van der Waals surface area contributed by atoms with Gasteiger partial charge in [-0.05, 0) is 17.9 Å². The van der Waals surface area contributed by atoms with E-state index in [1.807, 2.05) is 23.6 Å². The Bertz CT molecular complexity index is 862. The number of thiophene rings is 1. The molecule has 7 heteroatoms. The van der Waals surface area contributed by atoms with Crippen LogP contribution < -0.4 is 0 Å². The number of nitrogens with zero attached hydrogens (tertiary/aromatic N) is 2. The van der Waals surface area contributed by atoms with Crippen LogP contribution in [0, 0.1) is 5.92 Å². The van der Waals surface area contributed by atoms with E-state index >= 15 is 0 Å². The molecule has 29 heavy (non-hydrogen) atoms. The number of hydrogen-bond acceptors (Lipinski definition) is 6. The summed E-state index contributed by atoms with van der Waals surface area (Å²) in [6, 6.07) is 12.0.